The Morgan fingerprint density at radius 3 is 2.69 bits per heavy atom. The molecule has 176 valence electrons. The molecule has 11 heteroatoms. The first-order valence-electron chi connectivity index (χ1n) is 10.6. The van der Waals surface area contributed by atoms with Gasteiger partial charge < -0.3 is 25.4 Å². The molecule has 0 bridgehead atoms. The first kappa shape index (κ1) is 23.9. The van der Waals surface area contributed by atoms with Crippen molar-refractivity contribution in [2.75, 3.05) is 43.1 Å². The minimum absolute atomic E-state index is 0.140. The van der Waals surface area contributed by atoms with Gasteiger partial charge in [-0.1, -0.05) is 13.3 Å². The van der Waals surface area contributed by atoms with Crippen molar-refractivity contribution in [1.82, 2.24) is 4.90 Å². The number of anilines is 2. The van der Waals surface area contributed by atoms with E-state index in [0.29, 0.717) is 19.0 Å². The average molecular weight is 454 g/mol. The normalized spacial score (nSPS) is 17.9. The molecule has 2 fully saturated rings. The maximum atomic E-state index is 13.0. The Hall–Kier alpha value is -2.79. The fourth-order valence-electron chi connectivity index (χ4n) is 3.89. The number of carbonyl (C=O) groups excluding carboxylic acids is 3. The number of rotatable bonds is 10. The standard InChI is InChI=1S/C21H28F2N4O5/c1-2-26(11-13-4-3-5-13)18(19(24)29)20(30)25-14-6-7-15(16(10-14)32-21(22)23)27-8-9-31-12-17(27)28/h6-7,10,13,18,21H,2-5,8-9,11-12H2,1H3,(H2,24,29)(H,25,30)/t18-/m0/s1. The number of nitrogens with zero attached hydrogens (tertiary/aromatic N) is 2. The van der Waals surface area contributed by atoms with Gasteiger partial charge in [0, 0.05) is 24.8 Å². The number of halogens is 2. The maximum absolute atomic E-state index is 13.0. The molecule has 1 heterocycles. The Labute approximate surface area is 184 Å². The predicted octanol–water partition coefficient (Wildman–Crippen LogP) is 1.57. The molecular weight excluding hydrogens is 426 g/mol. The lowest BCUT2D eigenvalue weighted by atomic mass is 9.85. The van der Waals surface area contributed by atoms with E-state index in [0.717, 1.165) is 19.3 Å². The number of primary amides is 1. The lowest BCUT2D eigenvalue weighted by Gasteiger charge is -2.34. The van der Waals surface area contributed by atoms with E-state index in [1.165, 1.54) is 23.1 Å². The van der Waals surface area contributed by atoms with Crippen LogP contribution in [-0.2, 0) is 19.1 Å². The molecule has 1 saturated carbocycles. The SMILES string of the molecule is CCN(CC1CCC1)[C@@H](C(N)=O)C(=O)Nc1ccc(N2CCOCC2=O)c(OC(F)F)c1. The molecule has 1 aromatic rings. The summed E-state index contributed by atoms with van der Waals surface area (Å²) >= 11 is 0. The summed E-state index contributed by atoms with van der Waals surface area (Å²) < 4.78 is 35.7. The van der Waals surface area contributed by atoms with Crippen molar-refractivity contribution < 1.29 is 32.6 Å². The van der Waals surface area contributed by atoms with E-state index in [1.54, 1.807) is 4.90 Å². The molecule has 3 amide bonds. The third-order valence-corrected chi connectivity index (χ3v) is 5.73. The van der Waals surface area contributed by atoms with Crippen LogP contribution < -0.4 is 20.7 Å². The fourth-order valence-corrected chi connectivity index (χ4v) is 3.89. The highest BCUT2D eigenvalue weighted by Crippen LogP contribution is 2.34. The van der Waals surface area contributed by atoms with Gasteiger partial charge in [-0.3, -0.25) is 19.3 Å². The van der Waals surface area contributed by atoms with Crippen molar-refractivity contribution in [3.05, 3.63) is 18.2 Å². The second-order valence-electron chi connectivity index (χ2n) is 7.84. The van der Waals surface area contributed by atoms with Crippen molar-refractivity contribution in [1.29, 1.82) is 0 Å². The molecule has 32 heavy (non-hydrogen) atoms. The van der Waals surface area contributed by atoms with Gasteiger partial charge in [0.15, 0.2) is 11.8 Å². The molecular formula is C21H28F2N4O5. The predicted molar refractivity (Wildman–Crippen MR) is 112 cm³/mol. The van der Waals surface area contributed by atoms with Gasteiger partial charge in [0.1, 0.15) is 6.61 Å². The fraction of sp³-hybridized carbons (Fsp3) is 0.571. The second-order valence-corrected chi connectivity index (χ2v) is 7.84. The Morgan fingerprint density at radius 1 is 1.38 bits per heavy atom. The molecule has 1 saturated heterocycles. The number of benzene rings is 1. The average Bonchev–Trinajstić information content (AvgIpc) is 2.69. The van der Waals surface area contributed by atoms with Crippen LogP contribution in [0.2, 0.25) is 0 Å². The highest BCUT2D eigenvalue weighted by molar-refractivity contribution is 6.09. The van der Waals surface area contributed by atoms with Gasteiger partial charge in [0.05, 0.1) is 12.3 Å². The minimum Gasteiger partial charge on any atom is -0.433 e. The van der Waals surface area contributed by atoms with Crippen LogP contribution in [0.4, 0.5) is 20.2 Å². The lowest BCUT2D eigenvalue weighted by Crippen LogP contribution is -2.53. The number of nitrogens with one attached hydrogen (secondary N) is 1. The summed E-state index contributed by atoms with van der Waals surface area (Å²) in [4.78, 5) is 40.1. The van der Waals surface area contributed by atoms with Crippen LogP contribution in [-0.4, -0.2) is 68.1 Å². The van der Waals surface area contributed by atoms with E-state index >= 15 is 0 Å². The van der Waals surface area contributed by atoms with Gasteiger partial charge in [0.25, 0.3) is 11.8 Å². The van der Waals surface area contributed by atoms with Crippen LogP contribution >= 0.6 is 0 Å². The number of hydrogen-bond acceptors (Lipinski definition) is 6. The topological polar surface area (TPSA) is 114 Å². The summed E-state index contributed by atoms with van der Waals surface area (Å²) in [6.45, 7) is 0.00976. The van der Waals surface area contributed by atoms with Gasteiger partial charge in [-0.2, -0.15) is 8.78 Å². The van der Waals surface area contributed by atoms with Crippen molar-refractivity contribution in [2.24, 2.45) is 11.7 Å². The summed E-state index contributed by atoms with van der Waals surface area (Å²) in [5, 5.41) is 2.57. The molecule has 1 aliphatic carbocycles. The molecule has 0 radical (unpaired) electrons. The Morgan fingerprint density at radius 2 is 2.12 bits per heavy atom. The molecule has 3 N–H and O–H groups in total. The third-order valence-electron chi connectivity index (χ3n) is 5.73. The zero-order valence-corrected chi connectivity index (χ0v) is 17.9. The second kappa shape index (κ2) is 10.7. The summed E-state index contributed by atoms with van der Waals surface area (Å²) in [6, 6.07) is 2.86. The van der Waals surface area contributed by atoms with E-state index in [9.17, 15) is 23.2 Å². The molecule has 0 aromatic heterocycles. The quantitative estimate of drug-likeness (QED) is 0.519. The van der Waals surface area contributed by atoms with Crippen molar-refractivity contribution in [3.8, 4) is 5.75 Å². The number of nitrogens with two attached hydrogens (primary N) is 1. The van der Waals surface area contributed by atoms with Crippen LogP contribution in [0.15, 0.2) is 18.2 Å². The number of alkyl halides is 2. The largest absolute Gasteiger partial charge is 0.433 e. The summed E-state index contributed by atoms with van der Waals surface area (Å²) in [5.74, 6) is -1.69. The van der Waals surface area contributed by atoms with E-state index < -0.39 is 30.4 Å². The number of ether oxygens (including phenoxy) is 2. The molecule has 0 unspecified atom stereocenters. The van der Waals surface area contributed by atoms with E-state index in [1.807, 2.05) is 6.92 Å². The minimum atomic E-state index is -3.13. The molecule has 3 rings (SSSR count). The Kier molecular flexibility index (Phi) is 7.97. The summed E-state index contributed by atoms with van der Waals surface area (Å²) in [7, 11) is 0. The summed E-state index contributed by atoms with van der Waals surface area (Å²) in [6.07, 6.45) is 3.21. The molecule has 2 aliphatic rings. The number of likely N-dealkylation sites (N-methyl/N-ethyl adjacent to an activating group) is 1. The van der Waals surface area contributed by atoms with Gasteiger partial charge in [-0.25, -0.2) is 0 Å². The first-order valence-corrected chi connectivity index (χ1v) is 10.6. The highest BCUT2D eigenvalue weighted by Gasteiger charge is 2.33. The smallest absolute Gasteiger partial charge is 0.387 e. The molecule has 1 aromatic carbocycles. The maximum Gasteiger partial charge on any atom is 0.387 e. The monoisotopic (exact) mass is 454 g/mol. The highest BCUT2D eigenvalue weighted by atomic mass is 19.3. The van der Waals surface area contributed by atoms with Crippen molar-refractivity contribution >= 4 is 29.1 Å². The third kappa shape index (κ3) is 5.71. The first-order chi connectivity index (χ1) is 15.3. The van der Waals surface area contributed by atoms with Crippen LogP contribution in [0.25, 0.3) is 0 Å². The zero-order chi connectivity index (χ0) is 23.3. The molecule has 0 spiro atoms. The summed E-state index contributed by atoms with van der Waals surface area (Å²) in [5.41, 5.74) is 5.80. The van der Waals surface area contributed by atoms with Crippen LogP contribution in [0, 0.1) is 5.92 Å². The molecule has 1 atom stereocenters. The lowest BCUT2D eigenvalue weighted by molar-refractivity contribution is -0.133. The van der Waals surface area contributed by atoms with Crippen molar-refractivity contribution in [3.63, 3.8) is 0 Å². The van der Waals surface area contributed by atoms with Gasteiger partial charge >= 0.3 is 6.61 Å². The van der Waals surface area contributed by atoms with Crippen molar-refractivity contribution in [2.45, 2.75) is 38.8 Å². The number of morpholine rings is 1. The van der Waals surface area contributed by atoms with E-state index in [4.69, 9.17) is 10.5 Å². The van der Waals surface area contributed by atoms with Crippen LogP contribution in [0.1, 0.15) is 26.2 Å². The van der Waals surface area contributed by atoms with Gasteiger partial charge in [-0.05, 0) is 37.4 Å². The number of amides is 3. The Balaban J connectivity index is 1.80. The van der Waals surface area contributed by atoms with Crippen LogP contribution in [0.5, 0.6) is 5.75 Å². The van der Waals surface area contributed by atoms with Gasteiger partial charge in [0.2, 0.25) is 5.91 Å². The number of hydrogen-bond donors (Lipinski definition) is 2. The van der Waals surface area contributed by atoms with Gasteiger partial charge in [-0.15, -0.1) is 0 Å². The number of carbonyl (C=O) groups is 3. The zero-order valence-electron chi connectivity index (χ0n) is 17.9. The van der Waals surface area contributed by atoms with Crippen LogP contribution in [0.3, 0.4) is 0 Å². The molecule has 9 nitrogen and oxygen atoms in total. The molecule has 1 aliphatic heterocycles. The Bertz CT molecular complexity index is 849. The van der Waals surface area contributed by atoms with E-state index in [-0.39, 0.29) is 36.9 Å². The van der Waals surface area contributed by atoms with E-state index in [2.05, 4.69) is 10.1 Å².